The van der Waals surface area contributed by atoms with Gasteiger partial charge in [-0.25, -0.2) is 9.59 Å². The van der Waals surface area contributed by atoms with Crippen molar-refractivity contribution < 1.29 is 65.7 Å². The molecule has 0 bridgehead atoms. The minimum absolute atomic E-state index is 0. The molecule has 0 saturated heterocycles. The molecule has 0 amide bonds. The third kappa shape index (κ3) is 8.01. The number of rotatable bonds is 6. The Morgan fingerprint density at radius 2 is 0.857 bits per heavy atom. The maximum absolute atomic E-state index is 10.8. The fourth-order valence-electron chi connectivity index (χ4n) is 2.75. The molecule has 4 aromatic rings. The van der Waals surface area contributed by atoms with Gasteiger partial charge in [-0.2, -0.15) is 0 Å². The number of carbonyl (C=O) groups is 2. The van der Waals surface area contributed by atoms with Crippen molar-refractivity contribution in [1.29, 1.82) is 0 Å². The van der Waals surface area contributed by atoms with Gasteiger partial charge in [0.05, 0.1) is 0 Å². The van der Waals surface area contributed by atoms with Crippen LogP contribution >= 0.6 is 0 Å². The van der Waals surface area contributed by atoms with E-state index in [0.29, 0.717) is 23.0 Å². The Labute approximate surface area is 219 Å². The van der Waals surface area contributed by atoms with E-state index in [-0.39, 0.29) is 48.8 Å². The van der Waals surface area contributed by atoms with Crippen molar-refractivity contribution >= 4 is 11.9 Å². The standard InChI is InChI=1S/2C13H10O4.Zr/c2*14-12-7-6-10(8-11(12)13(15)16)17-9-4-2-1-3-5-9;/h2*1-8,14H,(H,15,16);. The van der Waals surface area contributed by atoms with Crippen LogP contribution in [0.2, 0.25) is 0 Å². The number of para-hydroxylation sites is 2. The van der Waals surface area contributed by atoms with Gasteiger partial charge in [0.2, 0.25) is 0 Å². The van der Waals surface area contributed by atoms with E-state index in [1.165, 1.54) is 36.4 Å². The normalized spacial score (nSPS) is 9.60. The van der Waals surface area contributed by atoms with Gasteiger partial charge in [0.1, 0.15) is 45.6 Å². The minimum atomic E-state index is -1.19. The first-order valence-electron chi connectivity index (χ1n) is 9.92. The Kier molecular flexibility index (Phi) is 10.1. The molecular formula is C26H20O8Zr. The predicted molar refractivity (Wildman–Crippen MR) is 123 cm³/mol. The van der Waals surface area contributed by atoms with Crippen LogP contribution in [-0.4, -0.2) is 32.4 Å². The first-order valence-corrected chi connectivity index (χ1v) is 9.92. The zero-order valence-corrected chi connectivity index (χ0v) is 20.6. The summed E-state index contributed by atoms with van der Waals surface area (Å²) >= 11 is 0. The zero-order valence-electron chi connectivity index (χ0n) is 18.2. The molecule has 0 fully saturated rings. The van der Waals surface area contributed by atoms with Crippen LogP contribution in [0.3, 0.4) is 0 Å². The van der Waals surface area contributed by atoms with Crippen molar-refractivity contribution in [3.63, 3.8) is 0 Å². The monoisotopic (exact) mass is 550 g/mol. The van der Waals surface area contributed by atoms with E-state index >= 15 is 0 Å². The topological polar surface area (TPSA) is 134 Å². The Balaban J connectivity index is 0.000000240. The van der Waals surface area contributed by atoms with Crippen LogP contribution in [0.15, 0.2) is 97.1 Å². The molecule has 0 aliphatic rings. The van der Waals surface area contributed by atoms with Crippen LogP contribution in [0.25, 0.3) is 0 Å². The predicted octanol–water partition coefficient (Wildman–Crippen LogP) is 5.76. The summed E-state index contributed by atoms with van der Waals surface area (Å²) < 4.78 is 10.9. The van der Waals surface area contributed by atoms with Gasteiger partial charge in [-0.05, 0) is 60.7 Å². The Morgan fingerprint density at radius 1 is 0.514 bits per heavy atom. The molecule has 4 aromatic carbocycles. The van der Waals surface area contributed by atoms with Crippen LogP contribution in [0, 0.1) is 0 Å². The molecular weight excluding hydrogens is 532 g/mol. The average Bonchev–Trinajstić information content (AvgIpc) is 2.83. The van der Waals surface area contributed by atoms with E-state index in [1.54, 1.807) is 24.3 Å². The number of carboxylic acid groups (broad SMARTS) is 2. The molecule has 0 spiro atoms. The molecule has 176 valence electrons. The van der Waals surface area contributed by atoms with E-state index in [4.69, 9.17) is 19.7 Å². The fraction of sp³-hybridized carbons (Fsp3) is 0. The van der Waals surface area contributed by atoms with Crippen molar-refractivity contribution in [3.05, 3.63) is 108 Å². The van der Waals surface area contributed by atoms with Gasteiger partial charge in [0, 0.05) is 26.2 Å². The van der Waals surface area contributed by atoms with Crippen molar-refractivity contribution in [2.75, 3.05) is 0 Å². The third-order valence-corrected chi connectivity index (χ3v) is 4.35. The van der Waals surface area contributed by atoms with Gasteiger partial charge in [-0.3, -0.25) is 0 Å². The van der Waals surface area contributed by atoms with Gasteiger partial charge in [-0.15, -0.1) is 0 Å². The fourth-order valence-corrected chi connectivity index (χ4v) is 2.75. The first-order chi connectivity index (χ1) is 16.3. The van der Waals surface area contributed by atoms with Crippen molar-refractivity contribution in [3.8, 4) is 34.5 Å². The number of carboxylic acids is 2. The summed E-state index contributed by atoms with van der Waals surface area (Å²) in [7, 11) is 0. The molecule has 0 saturated carbocycles. The molecule has 0 aliphatic heterocycles. The van der Waals surface area contributed by atoms with Gasteiger partial charge in [0.25, 0.3) is 0 Å². The van der Waals surface area contributed by atoms with E-state index < -0.39 is 11.9 Å². The maximum Gasteiger partial charge on any atom is 0.339 e. The average molecular weight is 552 g/mol. The molecule has 9 heteroatoms. The molecule has 4 rings (SSSR count). The van der Waals surface area contributed by atoms with E-state index in [0.717, 1.165) is 0 Å². The summed E-state index contributed by atoms with van der Waals surface area (Å²) in [6.07, 6.45) is 0. The number of hydrogen-bond acceptors (Lipinski definition) is 6. The minimum Gasteiger partial charge on any atom is -0.507 e. The number of ether oxygens (including phenoxy) is 2. The van der Waals surface area contributed by atoms with Crippen molar-refractivity contribution in [2.45, 2.75) is 0 Å². The number of aromatic carboxylic acids is 2. The van der Waals surface area contributed by atoms with Crippen molar-refractivity contribution in [1.82, 2.24) is 0 Å². The van der Waals surface area contributed by atoms with Crippen molar-refractivity contribution in [2.24, 2.45) is 0 Å². The summed E-state index contributed by atoms with van der Waals surface area (Å²) in [5.74, 6) is -1.00. The molecule has 0 unspecified atom stereocenters. The summed E-state index contributed by atoms with van der Waals surface area (Å²) in [4.78, 5) is 21.6. The molecule has 0 heterocycles. The van der Waals surface area contributed by atoms with Gasteiger partial charge < -0.3 is 29.9 Å². The first kappa shape index (κ1) is 27.1. The molecule has 0 aromatic heterocycles. The molecule has 0 atom stereocenters. The SMILES string of the molecule is O=C(O)c1cc(Oc2ccccc2)ccc1O.O=C(O)c1cc(Oc2ccccc2)ccc1O.[Zr]. The molecule has 35 heavy (non-hydrogen) atoms. The van der Waals surface area contributed by atoms with Crippen LogP contribution in [0.5, 0.6) is 34.5 Å². The number of benzene rings is 4. The second-order valence-corrected chi connectivity index (χ2v) is 6.80. The quantitative estimate of drug-likeness (QED) is 0.238. The van der Waals surface area contributed by atoms with Crippen LogP contribution < -0.4 is 9.47 Å². The van der Waals surface area contributed by atoms with Crippen LogP contribution in [0.4, 0.5) is 0 Å². The smallest absolute Gasteiger partial charge is 0.339 e. The molecule has 0 aliphatic carbocycles. The third-order valence-electron chi connectivity index (χ3n) is 4.35. The Morgan fingerprint density at radius 3 is 1.17 bits per heavy atom. The van der Waals surface area contributed by atoms with E-state index in [9.17, 15) is 19.8 Å². The van der Waals surface area contributed by atoms with Gasteiger partial charge in [-0.1, -0.05) is 36.4 Å². The Hall–Kier alpha value is -4.10. The zero-order chi connectivity index (χ0) is 24.5. The summed E-state index contributed by atoms with van der Waals surface area (Å²) in [5.41, 5.74) is -0.364. The van der Waals surface area contributed by atoms with Gasteiger partial charge >= 0.3 is 11.9 Å². The van der Waals surface area contributed by atoms with E-state index in [1.807, 2.05) is 36.4 Å². The molecule has 8 nitrogen and oxygen atoms in total. The number of aromatic hydroxyl groups is 2. The largest absolute Gasteiger partial charge is 0.507 e. The van der Waals surface area contributed by atoms with Gasteiger partial charge in [0.15, 0.2) is 0 Å². The summed E-state index contributed by atoms with van der Waals surface area (Å²) in [6, 6.07) is 26.2. The molecule has 4 N–H and O–H groups in total. The van der Waals surface area contributed by atoms with Crippen LogP contribution in [0.1, 0.15) is 20.7 Å². The van der Waals surface area contributed by atoms with E-state index in [2.05, 4.69) is 0 Å². The Bertz CT molecular complexity index is 1180. The second-order valence-electron chi connectivity index (χ2n) is 6.80. The number of hydrogen-bond donors (Lipinski definition) is 4. The number of phenols is 2. The summed E-state index contributed by atoms with van der Waals surface area (Å²) in [5, 5.41) is 36.4. The second kappa shape index (κ2) is 13.0. The molecule has 0 radical (unpaired) electrons. The summed E-state index contributed by atoms with van der Waals surface area (Å²) in [6.45, 7) is 0. The van der Waals surface area contributed by atoms with Crippen LogP contribution in [-0.2, 0) is 26.2 Å². The maximum atomic E-state index is 10.8.